The van der Waals surface area contributed by atoms with Gasteiger partial charge in [0.1, 0.15) is 0 Å². The molecular weight excluding hydrogens is 174 g/mol. The van der Waals surface area contributed by atoms with Crippen LogP contribution in [0.1, 0.15) is 33.1 Å². The summed E-state index contributed by atoms with van der Waals surface area (Å²) in [6.45, 7) is 7.10. The maximum atomic E-state index is 5.55. The zero-order valence-electron chi connectivity index (χ0n) is 9.46. The van der Waals surface area contributed by atoms with Crippen molar-refractivity contribution in [1.29, 1.82) is 0 Å². The van der Waals surface area contributed by atoms with Gasteiger partial charge < -0.3 is 10.1 Å². The third-order valence-electron chi connectivity index (χ3n) is 3.82. The Hall–Kier alpha value is -0.0800. The molecule has 0 spiro atoms. The molecule has 0 aromatic carbocycles. The van der Waals surface area contributed by atoms with Crippen molar-refractivity contribution >= 4 is 0 Å². The summed E-state index contributed by atoms with van der Waals surface area (Å²) in [4.78, 5) is 0. The molecular formula is C12H23NO. The number of rotatable bonds is 6. The molecule has 0 heterocycles. The van der Waals surface area contributed by atoms with E-state index in [1.807, 2.05) is 0 Å². The number of nitrogens with one attached hydrogen (secondary N) is 1. The van der Waals surface area contributed by atoms with E-state index in [2.05, 4.69) is 19.2 Å². The van der Waals surface area contributed by atoms with E-state index in [0.717, 1.165) is 37.5 Å². The Morgan fingerprint density at radius 1 is 1.21 bits per heavy atom. The molecule has 2 aliphatic rings. The second-order valence-corrected chi connectivity index (χ2v) is 4.81. The summed E-state index contributed by atoms with van der Waals surface area (Å²) in [5, 5.41) is 3.58. The van der Waals surface area contributed by atoms with Crippen LogP contribution in [0, 0.1) is 17.8 Å². The van der Waals surface area contributed by atoms with Gasteiger partial charge in [0.2, 0.25) is 0 Å². The van der Waals surface area contributed by atoms with Gasteiger partial charge in [-0.2, -0.15) is 0 Å². The quantitative estimate of drug-likeness (QED) is 0.703. The van der Waals surface area contributed by atoms with Gasteiger partial charge in [0, 0.05) is 12.6 Å². The van der Waals surface area contributed by atoms with Crippen LogP contribution < -0.4 is 5.32 Å². The molecule has 0 bridgehead atoms. The molecule has 14 heavy (non-hydrogen) atoms. The number of likely N-dealkylation sites (N-methyl/N-ethyl adjacent to an activating group) is 1. The molecule has 0 aromatic heterocycles. The van der Waals surface area contributed by atoms with E-state index >= 15 is 0 Å². The van der Waals surface area contributed by atoms with Gasteiger partial charge in [-0.15, -0.1) is 0 Å². The Kier molecular flexibility index (Phi) is 3.45. The fraction of sp³-hybridized carbons (Fsp3) is 1.00. The second kappa shape index (κ2) is 4.63. The van der Waals surface area contributed by atoms with Crippen LogP contribution in [0.5, 0.6) is 0 Å². The highest BCUT2D eigenvalue weighted by Gasteiger charge is 2.47. The second-order valence-electron chi connectivity index (χ2n) is 4.81. The zero-order chi connectivity index (χ0) is 9.97. The summed E-state index contributed by atoms with van der Waals surface area (Å²) < 4.78 is 5.55. The minimum absolute atomic E-state index is 0.618. The van der Waals surface area contributed by atoms with Crippen LogP contribution in [-0.2, 0) is 4.74 Å². The lowest BCUT2D eigenvalue weighted by Gasteiger charge is -2.25. The monoisotopic (exact) mass is 197 g/mol. The highest BCUT2D eigenvalue weighted by Crippen LogP contribution is 2.55. The topological polar surface area (TPSA) is 21.3 Å². The van der Waals surface area contributed by atoms with Gasteiger partial charge in [0.15, 0.2) is 0 Å². The maximum absolute atomic E-state index is 5.55. The van der Waals surface area contributed by atoms with E-state index in [0.29, 0.717) is 6.04 Å². The van der Waals surface area contributed by atoms with E-state index in [4.69, 9.17) is 4.74 Å². The van der Waals surface area contributed by atoms with Gasteiger partial charge in [-0.1, -0.05) is 6.92 Å². The summed E-state index contributed by atoms with van der Waals surface area (Å²) in [5.74, 6) is 3.07. The van der Waals surface area contributed by atoms with Crippen LogP contribution in [0.2, 0.25) is 0 Å². The zero-order valence-corrected chi connectivity index (χ0v) is 9.46. The van der Waals surface area contributed by atoms with Gasteiger partial charge in [-0.25, -0.2) is 0 Å². The molecule has 2 aliphatic carbocycles. The van der Waals surface area contributed by atoms with Gasteiger partial charge in [0.25, 0.3) is 0 Å². The summed E-state index contributed by atoms with van der Waals surface area (Å²) in [6, 6.07) is 0.618. The van der Waals surface area contributed by atoms with E-state index < -0.39 is 0 Å². The predicted molar refractivity (Wildman–Crippen MR) is 58.3 cm³/mol. The molecule has 3 atom stereocenters. The predicted octanol–water partition coefficient (Wildman–Crippen LogP) is 2.05. The van der Waals surface area contributed by atoms with E-state index in [-0.39, 0.29) is 0 Å². The molecule has 82 valence electrons. The minimum Gasteiger partial charge on any atom is -0.380 e. The van der Waals surface area contributed by atoms with Crippen LogP contribution in [-0.4, -0.2) is 25.8 Å². The maximum Gasteiger partial charge on any atom is 0.0622 e. The highest BCUT2D eigenvalue weighted by atomic mass is 16.5. The first-order valence-corrected chi connectivity index (χ1v) is 6.16. The fourth-order valence-corrected chi connectivity index (χ4v) is 2.96. The third-order valence-corrected chi connectivity index (χ3v) is 3.82. The smallest absolute Gasteiger partial charge is 0.0622 e. The van der Waals surface area contributed by atoms with Crippen molar-refractivity contribution in [2.45, 2.75) is 39.2 Å². The van der Waals surface area contributed by atoms with E-state index in [1.165, 1.54) is 19.3 Å². The number of fused-ring (bicyclic) bond motifs is 1. The Balaban J connectivity index is 1.76. The van der Waals surface area contributed by atoms with E-state index in [1.54, 1.807) is 0 Å². The minimum atomic E-state index is 0.618. The van der Waals surface area contributed by atoms with Crippen LogP contribution in [0.4, 0.5) is 0 Å². The first-order chi connectivity index (χ1) is 6.85. The molecule has 0 aromatic rings. The van der Waals surface area contributed by atoms with Crippen LogP contribution in [0.3, 0.4) is 0 Å². The van der Waals surface area contributed by atoms with Crippen molar-refractivity contribution in [2.75, 3.05) is 19.8 Å². The average molecular weight is 197 g/mol. The van der Waals surface area contributed by atoms with Crippen molar-refractivity contribution in [3.8, 4) is 0 Å². The van der Waals surface area contributed by atoms with Crippen molar-refractivity contribution in [1.82, 2.24) is 5.32 Å². The number of hydrogen-bond donors (Lipinski definition) is 1. The first kappa shape index (κ1) is 10.4. The Labute approximate surface area is 87.4 Å². The molecule has 0 radical (unpaired) electrons. The average Bonchev–Trinajstić information content (AvgIpc) is 2.81. The van der Waals surface area contributed by atoms with E-state index in [9.17, 15) is 0 Å². The summed E-state index contributed by atoms with van der Waals surface area (Å²) in [7, 11) is 0. The lowest BCUT2D eigenvalue weighted by molar-refractivity contribution is 0.101. The Morgan fingerprint density at radius 2 is 1.93 bits per heavy atom. The van der Waals surface area contributed by atoms with Gasteiger partial charge in [0.05, 0.1) is 6.61 Å². The summed E-state index contributed by atoms with van der Waals surface area (Å²) >= 11 is 0. The van der Waals surface area contributed by atoms with Crippen molar-refractivity contribution < 1.29 is 4.74 Å². The molecule has 2 heteroatoms. The van der Waals surface area contributed by atoms with Gasteiger partial charge in [-0.3, -0.25) is 0 Å². The van der Waals surface area contributed by atoms with Crippen LogP contribution in [0.25, 0.3) is 0 Å². The summed E-state index contributed by atoms with van der Waals surface area (Å²) in [6.07, 6.45) is 4.43. The lowest BCUT2D eigenvalue weighted by atomic mass is 9.95. The van der Waals surface area contributed by atoms with Crippen LogP contribution in [0.15, 0.2) is 0 Å². The highest BCUT2D eigenvalue weighted by molar-refractivity contribution is 4.99. The van der Waals surface area contributed by atoms with Gasteiger partial charge in [-0.05, 0) is 50.5 Å². The SMILES string of the molecule is CCNC(COCC)C1CC2CC2C1. The Morgan fingerprint density at radius 3 is 2.50 bits per heavy atom. The molecule has 0 aliphatic heterocycles. The summed E-state index contributed by atoms with van der Waals surface area (Å²) in [5.41, 5.74) is 0. The largest absolute Gasteiger partial charge is 0.380 e. The molecule has 3 unspecified atom stereocenters. The molecule has 2 fully saturated rings. The molecule has 0 saturated heterocycles. The number of hydrogen-bond acceptors (Lipinski definition) is 2. The lowest BCUT2D eigenvalue weighted by Crippen LogP contribution is -2.39. The van der Waals surface area contributed by atoms with Gasteiger partial charge >= 0.3 is 0 Å². The molecule has 1 N–H and O–H groups in total. The van der Waals surface area contributed by atoms with Crippen molar-refractivity contribution in [2.24, 2.45) is 17.8 Å². The van der Waals surface area contributed by atoms with Crippen LogP contribution >= 0.6 is 0 Å². The molecule has 2 rings (SSSR count). The van der Waals surface area contributed by atoms with Crippen molar-refractivity contribution in [3.63, 3.8) is 0 Å². The fourth-order valence-electron chi connectivity index (χ4n) is 2.96. The first-order valence-electron chi connectivity index (χ1n) is 6.16. The Bertz CT molecular complexity index is 173. The molecule has 2 saturated carbocycles. The van der Waals surface area contributed by atoms with Crippen molar-refractivity contribution in [3.05, 3.63) is 0 Å². The number of ether oxygens (including phenoxy) is 1. The third kappa shape index (κ3) is 2.29. The molecule has 0 amide bonds. The molecule has 2 nitrogen and oxygen atoms in total. The normalized spacial score (nSPS) is 36.9. The standard InChI is InChI=1S/C12H23NO/c1-3-13-12(8-14-4-2)11-6-9-5-10(9)7-11/h9-13H,3-8H2,1-2H3.